The van der Waals surface area contributed by atoms with Crippen LogP contribution in [0.4, 0.5) is 0 Å². The van der Waals surface area contributed by atoms with Crippen LogP contribution in [0.25, 0.3) is 0 Å². The second-order valence-electron chi connectivity index (χ2n) is 5.18. The van der Waals surface area contributed by atoms with Gasteiger partial charge in [0.1, 0.15) is 5.75 Å². The van der Waals surface area contributed by atoms with Gasteiger partial charge in [0.15, 0.2) is 0 Å². The van der Waals surface area contributed by atoms with Gasteiger partial charge in [-0.3, -0.25) is 0 Å². The number of hydrogen-bond acceptors (Lipinski definition) is 3. The average Bonchev–Trinajstić information content (AvgIpc) is 2.40. The molecular formula is C16H26BrNO2. The topological polar surface area (TPSA) is 30.5 Å². The first-order chi connectivity index (χ1) is 9.63. The minimum Gasteiger partial charge on any atom is -0.493 e. The van der Waals surface area contributed by atoms with Gasteiger partial charge >= 0.3 is 0 Å². The molecule has 1 aromatic carbocycles. The Morgan fingerprint density at radius 2 is 2.05 bits per heavy atom. The van der Waals surface area contributed by atoms with E-state index in [2.05, 4.69) is 41.2 Å². The number of hydrogen-bond donors (Lipinski definition) is 1. The Labute approximate surface area is 131 Å². The highest BCUT2D eigenvalue weighted by Gasteiger charge is 2.05. The number of halogens is 1. The smallest absolute Gasteiger partial charge is 0.123 e. The molecule has 0 heterocycles. The van der Waals surface area contributed by atoms with Crippen LogP contribution in [0.3, 0.4) is 0 Å². The number of rotatable bonds is 10. The molecule has 0 fully saturated rings. The molecule has 0 spiro atoms. The van der Waals surface area contributed by atoms with E-state index in [1.54, 1.807) is 0 Å². The molecule has 1 N–H and O–H groups in total. The molecule has 114 valence electrons. The Kier molecular flexibility index (Phi) is 8.90. The molecule has 0 saturated heterocycles. The van der Waals surface area contributed by atoms with Crippen LogP contribution in [0.1, 0.15) is 32.8 Å². The summed E-state index contributed by atoms with van der Waals surface area (Å²) in [5, 5.41) is 3.45. The van der Waals surface area contributed by atoms with Gasteiger partial charge in [-0.05, 0) is 37.6 Å². The molecule has 0 atom stereocenters. The van der Waals surface area contributed by atoms with E-state index >= 15 is 0 Å². The molecule has 20 heavy (non-hydrogen) atoms. The first-order valence-corrected chi connectivity index (χ1v) is 8.12. The van der Waals surface area contributed by atoms with Gasteiger partial charge in [-0.2, -0.15) is 0 Å². The third kappa shape index (κ3) is 7.27. The summed E-state index contributed by atoms with van der Waals surface area (Å²) < 4.78 is 12.3. The predicted molar refractivity (Wildman–Crippen MR) is 87.3 cm³/mol. The molecule has 4 heteroatoms. The molecule has 0 unspecified atom stereocenters. The van der Waals surface area contributed by atoms with E-state index in [0.717, 1.165) is 42.9 Å². The first-order valence-electron chi connectivity index (χ1n) is 7.33. The third-order valence-electron chi connectivity index (χ3n) is 2.79. The summed E-state index contributed by atoms with van der Waals surface area (Å²) >= 11 is 3.52. The lowest BCUT2D eigenvalue weighted by molar-refractivity contribution is 0.130. The van der Waals surface area contributed by atoms with E-state index in [1.807, 2.05) is 19.1 Å². The average molecular weight is 344 g/mol. The standard InChI is InChI=1S/C16H26BrNO2/c1-4-19-8-5-9-20-16-7-6-15(17)10-14(16)12-18-11-13(2)3/h6-7,10,13,18H,4-5,8-9,11-12H2,1-3H3. The lowest BCUT2D eigenvalue weighted by atomic mass is 10.2. The van der Waals surface area contributed by atoms with E-state index in [1.165, 1.54) is 5.56 Å². The van der Waals surface area contributed by atoms with Crippen molar-refractivity contribution in [2.24, 2.45) is 5.92 Å². The molecule has 1 aromatic rings. The van der Waals surface area contributed by atoms with Crippen molar-refractivity contribution in [1.82, 2.24) is 5.32 Å². The lowest BCUT2D eigenvalue weighted by Gasteiger charge is -2.13. The third-order valence-corrected chi connectivity index (χ3v) is 3.28. The van der Waals surface area contributed by atoms with Crippen LogP contribution in [0, 0.1) is 5.92 Å². The summed E-state index contributed by atoms with van der Waals surface area (Å²) in [7, 11) is 0. The summed E-state index contributed by atoms with van der Waals surface area (Å²) in [4.78, 5) is 0. The predicted octanol–water partition coefficient (Wildman–Crippen LogP) is 4.00. The highest BCUT2D eigenvalue weighted by atomic mass is 79.9. The molecule has 0 aliphatic carbocycles. The zero-order valence-electron chi connectivity index (χ0n) is 12.7. The van der Waals surface area contributed by atoms with E-state index in [4.69, 9.17) is 9.47 Å². The minimum absolute atomic E-state index is 0.651. The minimum atomic E-state index is 0.651. The van der Waals surface area contributed by atoms with Gasteiger partial charge in [-0.15, -0.1) is 0 Å². The Balaban J connectivity index is 2.47. The fourth-order valence-corrected chi connectivity index (χ4v) is 2.22. The Bertz CT molecular complexity index is 383. The van der Waals surface area contributed by atoms with Crippen LogP contribution < -0.4 is 10.1 Å². The van der Waals surface area contributed by atoms with E-state index < -0.39 is 0 Å². The van der Waals surface area contributed by atoms with Crippen molar-refractivity contribution in [3.63, 3.8) is 0 Å². The molecule has 3 nitrogen and oxygen atoms in total. The maximum atomic E-state index is 5.86. The summed E-state index contributed by atoms with van der Waals surface area (Å²) in [5.74, 6) is 1.61. The number of benzene rings is 1. The Morgan fingerprint density at radius 3 is 2.75 bits per heavy atom. The second kappa shape index (κ2) is 10.2. The zero-order chi connectivity index (χ0) is 14.8. The van der Waals surface area contributed by atoms with Crippen molar-refractivity contribution >= 4 is 15.9 Å². The summed E-state index contributed by atoms with van der Waals surface area (Å²) in [6, 6.07) is 6.16. The van der Waals surface area contributed by atoms with Crippen molar-refractivity contribution in [3.05, 3.63) is 28.2 Å². The fourth-order valence-electron chi connectivity index (χ4n) is 1.81. The maximum absolute atomic E-state index is 5.86. The molecule has 0 aliphatic heterocycles. The normalized spacial score (nSPS) is 11.1. The van der Waals surface area contributed by atoms with Crippen LogP contribution in [0.5, 0.6) is 5.75 Å². The highest BCUT2D eigenvalue weighted by Crippen LogP contribution is 2.23. The molecule has 0 saturated carbocycles. The van der Waals surface area contributed by atoms with Crippen molar-refractivity contribution < 1.29 is 9.47 Å². The molecule has 0 bridgehead atoms. The zero-order valence-corrected chi connectivity index (χ0v) is 14.3. The Morgan fingerprint density at radius 1 is 1.25 bits per heavy atom. The quantitative estimate of drug-likeness (QED) is 0.651. The molecule has 0 aliphatic rings. The van der Waals surface area contributed by atoms with Crippen LogP contribution in [0.15, 0.2) is 22.7 Å². The maximum Gasteiger partial charge on any atom is 0.123 e. The second-order valence-corrected chi connectivity index (χ2v) is 6.09. The van der Waals surface area contributed by atoms with Crippen LogP contribution in [0.2, 0.25) is 0 Å². The molecule has 0 radical (unpaired) electrons. The van der Waals surface area contributed by atoms with Crippen LogP contribution in [-0.2, 0) is 11.3 Å². The summed E-state index contributed by atoms with van der Waals surface area (Å²) in [5.41, 5.74) is 1.19. The van der Waals surface area contributed by atoms with Gasteiger partial charge < -0.3 is 14.8 Å². The van der Waals surface area contributed by atoms with Crippen molar-refractivity contribution in [1.29, 1.82) is 0 Å². The number of ether oxygens (including phenoxy) is 2. The first kappa shape index (κ1) is 17.5. The molecule has 1 rings (SSSR count). The summed E-state index contributed by atoms with van der Waals surface area (Å²) in [6.45, 7) is 10.5. The van der Waals surface area contributed by atoms with Gasteiger partial charge in [0.25, 0.3) is 0 Å². The highest BCUT2D eigenvalue weighted by molar-refractivity contribution is 9.10. The Hall–Kier alpha value is -0.580. The lowest BCUT2D eigenvalue weighted by Crippen LogP contribution is -2.19. The van der Waals surface area contributed by atoms with E-state index in [9.17, 15) is 0 Å². The monoisotopic (exact) mass is 343 g/mol. The van der Waals surface area contributed by atoms with Gasteiger partial charge in [-0.1, -0.05) is 29.8 Å². The van der Waals surface area contributed by atoms with Crippen LogP contribution in [-0.4, -0.2) is 26.4 Å². The SMILES string of the molecule is CCOCCCOc1ccc(Br)cc1CNCC(C)C. The van der Waals surface area contributed by atoms with Gasteiger partial charge in [0, 0.05) is 36.2 Å². The van der Waals surface area contributed by atoms with Gasteiger partial charge in [0.05, 0.1) is 6.61 Å². The van der Waals surface area contributed by atoms with E-state index in [-0.39, 0.29) is 0 Å². The van der Waals surface area contributed by atoms with Crippen molar-refractivity contribution in [3.8, 4) is 5.75 Å². The summed E-state index contributed by atoms with van der Waals surface area (Å²) in [6.07, 6.45) is 0.919. The van der Waals surface area contributed by atoms with Gasteiger partial charge in [0.2, 0.25) is 0 Å². The van der Waals surface area contributed by atoms with Crippen LogP contribution >= 0.6 is 15.9 Å². The van der Waals surface area contributed by atoms with Crippen molar-refractivity contribution in [2.45, 2.75) is 33.7 Å². The van der Waals surface area contributed by atoms with E-state index in [0.29, 0.717) is 12.5 Å². The molecule has 0 amide bonds. The van der Waals surface area contributed by atoms with Crippen molar-refractivity contribution in [2.75, 3.05) is 26.4 Å². The fraction of sp³-hybridized carbons (Fsp3) is 0.625. The largest absolute Gasteiger partial charge is 0.493 e. The number of nitrogens with one attached hydrogen (secondary N) is 1. The van der Waals surface area contributed by atoms with Gasteiger partial charge in [-0.25, -0.2) is 0 Å². The molecule has 0 aromatic heterocycles. The molecular weight excluding hydrogens is 318 g/mol.